The Morgan fingerprint density at radius 1 is 1.37 bits per heavy atom. The highest BCUT2D eigenvalue weighted by atomic mass is 32.2. The van der Waals surface area contributed by atoms with E-state index >= 15 is 0 Å². The molecular weight excluding hydrogens is 392 g/mol. The smallest absolute Gasteiger partial charge is 0.338 e. The predicted octanol–water partition coefficient (Wildman–Crippen LogP) is 0.922. The molecule has 2 heterocycles. The van der Waals surface area contributed by atoms with Crippen LogP contribution in [0.25, 0.3) is 0 Å². The molecule has 0 aromatic heterocycles. The highest BCUT2D eigenvalue weighted by molar-refractivity contribution is 8.00. The van der Waals surface area contributed by atoms with Crippen molar-refractivity contribution >= 4 is 45.1 Å². The van der Waals surface area contributed by atoms with Gasteiger partial charge < -0.3 is 15.0 Å². The van der Waals surface area contributed by atoms with Crippen LogP contribution in [-0.4, -0.2) is 67.6 Å². The Balaban J connectivity index is 1.64. The topological polar surface area (TPSA) is 110 Å². The molecule has 8 nitrogen and oxygen atoms in total. The van der Waals surface area contributed by atoms with Crippen molar-refractivity contribution in [1.82, 2.24) is 4.90 Å². The Kier molecular flexibility index (Phi) is 5.48. The second-order valence-corrected chi connectivity index (χ2v) is 9.85. The number of esters is 1. The highest BCUT2D eigenvalue weighted by Gasteiger charge is 2.35. The van der Waals surface area contributed by atoms with Crippen LogP contribution in [0.2, 0.25) is 0 Å². The number of hydrogen-bond acceptors (Lipinski definition) is 7. The van der Waals surface area contributed by atoms with Crippen molar-refractivity contribution in [2.75, 3.05) is 29.6 Å². The molecule has 2 aliphatic rings. The fourth-order valence-electron chi connectivity index (χ4n) is 3.04. The second-order valence-electron chi connectivity index (χ2n) is 6.60. The fraction of sp³-hybridized carbons (Fsp3) is 0.471. The number of nitrogens with zero attached hydrogens (tertiary/aromatic N) is 1. The minimum atomic E-state index is -3.12. The molecule has 2 atom stereocenters. The zero-order chi connectivity index (χ0) is 19.8. The van der Waals surface area contributed by atoms with Crippen LogP contribution in [0.1, 0.15) is 23.7 Å². The van der Waals surface area contributed by atoms with Crippen molar-refractivity contribution in [2.24, 2.45) is 0 Å². The first-order valence-electron chi connectivity index (χ1n) is 8.41. The Hall–Kier alpha value is -2.07. The summed E-state index contributed by atoms with van der Waals surface area (Å²) in [5.41, 5.74) is 0.764. The van der Waals surface area contributed by atoms with Crippen molar-refractivity contribution in [1.29, 1.82) is 0 Å². The van der Waals surface area contributed by atoms with E-state index in [1.165, 1.54) is 36.7 Å². The van der Waals surface area contributed by atoms with Gasteiger partial charge in [0.2, 0.25) is 5.91 Å². The van der Waals surface area contributed by atoms with Crippen LogP contribution in [0.5, 0.6) is 0 Å². The fourth-order valence-corrected chi connectivity index (χ4v) is 5.60. The van der Waals surface area contributed by atoms with Gasteiger partial charge in [-0.2, -0.15) is 0 Å². The molecule has 2 aliphatic heterocycles. The van der Waals surface area contributed by atoms with Crippen LogP contribution in [0.15, 0.2) is 23.1 Å². The number of hydrogen-bond donors (Lipinski definition) is 1. The number of likely N-dealkylation sites (N-methyl/N-ethyl adjacent to an activating group) is 1. The number of ether oxygens (including phenoxy) is 1. The Morgan fingerprint density at radius 2 is 2.11 bits per heavy atom. The molecule has 1 fully saturated rings. The third-order valence-electron chi connectivity index (χ3n) is 4.58. The van der Waals surface area contributed by atoms with E-state index in [1.807, 2.05) is 0 Å². The summed E-state index contributed by atoms with van der Waals surface area (Å²) in [6.07, 6.45) is -0.668. The lowest BCUT2D eigenvalue weighted by Crippen LogP contribution is -2.44. The van der Waals surface area contributed by atoms with Gasteiger partial charge >= 0.3 is 5.97 Å². The second kappa shape index (κ2) is 7.51. The molecule has 0 aliphatic carbocycles. The number of thioether (sulfide) groups is 1. The minimum Gasteiger partial charge on any atom is -0.449 e. The third kappa shape index (κ3) is 4.44. The number of nitrogens with one attached hydrogen (secondary N) is 1. The van der Waals surface area contributed by atoms with Gasteiger partial charge in [-0.05, 0) is 31.5 Å². The highest BCUT2D eigenvalue weighted by Crippen LogP contribution is 2.32. The summed E-state index contributed by atoms with van der Waals surface area (Å²) in [7, 11) is -1.60. The maximum absolute atomic E-state index is 12.5. The molecule has 0 saturated carbocycles. The minimum absolute atomic E-state index is 0.0579. The van der Waals surface area contributed by atoms with Gasteiger partial charge in [-0.3, -0.25) is 9.59 Å². The van der Waals surface area contributed by atoms with Crippen molar-refractivity contribution in [2.45, 2.75) is 30.4 Å². The molecule has 1 aromatic rings. The molecule has 2 unspecified atom stereocenters. The zero-order valence-corrected chi connectivity index (χ0v) is 16.6. The lowest BCUT2D eigenvalue weighted by molar-refractivity contribution is -0.140. The van der Waals surface area contributed by atoms with E-state index in [2.05, 4.69) is 5.32 Å². The molecule has 27 heavy (non-hydrogen) atoms. The lowest BCUT2D eigenvalue weighted by Gasteiger charge is -2.26. The number of rotatable bonds is 4. The summed E-state index contributed by atoms with van der Waals surface area (Å²) in [6, 6.07) is 4.42. The number of sulfone groups is 1. The van der Waals surface area contributed by atoms with E-state index in [1.54, 1.807) is 12.1 Å². The quantitative estimate of drug-likeness (QED) is 0.732. The predicted molar refractivity (Wildman–Crippen MR) is 101 cm³/mol. The number of carbonyl (C=O) groups is 3. The maximum atomic E-state index is 12.5. The normalized spacial score (nSPS) is 21.7. The lowest BCUT2D eigenvalue weighted by atomic mass is 10.2. The van der Waals surface area contributed by atoms with Gasteiger partial charge in [-0.15, -0.1) is 11.8 Å². The summed E-state index contributed by atoms with van der Waals surface area (Å²) in [5.74, 6) is -0.968. The summed E-state index contributed by atoms with van der Waals surface area (Å²) in [6.45, 7) is 1.45. The molecule has 1 saturated heterocycles. The van der Waals surface area contributed by atoms with Crippen LogP contribution < -0.4 is 5.32 Å². The first-order valence-corrected chi connectivity index (χ1v) is 11.2. The molecular formula is C17H20N2O6S2. The summed E-state index contributed by atoms with van der Waals surface area (Å²) in [5, 5.41) is 2.69. The zero-order valence-electron chi connectivity index (χ0n) is 14.9. The third-order valence-corrected chi connectivity index (χ3v) is 7.41. The largest absolute Gasteiger partial charge is 0.449 e. The molecule has 146 valence electrons. The SMILES string of the molecule is CC(OC(=O)c1ccc2c(c1)NC(=O)CS2)C(=O)N(C)C1CCS(=O)(=O)C1. The number of amides is 2. The molecule has 3 rings (SSSR count). The van der Waals surface area contributed by atoms with E-state index in [0.29, 0.717) is 17.9 Å². The molecule has 1 aromatic carbocycles. The van der Waals surface area contributed by atoms with Crippen LogP contribution in [0, 0.1) is 0 Å². The van der Waals surface area contributed by atoms with Crippen LogP contribution in [0.3, 0.4) is 0 Å². The number of carbonyl (C=O) groups excluding carboxylic acids is 3. The standard InChI is InChI=1S/C17H20N2O6S2/c1-10(16(21)19(2)12-5-6-27(23,24)9-12)25-17(22)11-3-4-14-13(7-11)18-15(20)8-26-14/h3-4,7,10,12H,5-6,8-9H2,1-2H3,(H,18,20). The number of benzene rings is 1. The van der Waals surface area contributed by atoms with Gasteiger partial charge in [-0.1, -0.05) is 0 Å². The summed E-state index contributed by atoms with van der Waals surface area (Å²) >= 11 is 1.38. The van der Waals surface area contributed by atoms with Crippen LogP contribution in [0.4, 0.5) is 5.69 Å². The molecule has 0 bridgehead atoms. The van der Waals surface area contributed by atoms with E-state index in [4.69, 9.17) is 4.74 Å². The Morgan fingerprint density at radius 3 is 2.78 bits per heavy atom. The molecule has 1 N–H and O–H groups in total. The van der Waals surface area contributed by atoms with Gasteiger partial charge in [0.05, 0.1) is 28.5 Å². The van der Waals surface area contributed by atoms with Crippen molar-refractivity contribution in [3.63, 3.8) is 0 Å². The first kappa shape index (κ1) is 19.7. The van der Waals surface area contributed by atoms with Gasteiger partial charge in [0.1, 0.15) is 0 Å². The molecule has 0 radical (unpaired) electrons. The van der Waals surface area contributed by atoms with E-state index < -0.39 is 33.9 Å². The van der Waals surface area contributed by atoms with Crippen LogP contribution in [-0.2, 0) is 24.2 Å². The van der Waals surface area contributed by atoms with E-state index in [-0.39, 0.29) is 23.0 Å². The Labute approximate surface area is 161 Å². The van der Waals surface area contributed by atoms with E-state index in [0.717, 1.165) is 4.90 Å². The van der Waals surface area contributed by atoms with Crippen molar-refractivity contribution < 1.29 is 27.5 Å². The van der Waals surface area contributed by atoms with Gasteiger partial charge in [0, 0.05) is 18.0 Å². The van der Waals surface area contributed by atoms with E-state index in [9.17, 15) is 22.8 Å². The average Bonchev–Trinajstić information content (AvgIpc) is 2.99. The van der Waals surface area contributed by atoms with Gasteiger partial charge in [0.15, 0.2) is 15.9 Å². The number of anilines is 1. The Bertz CT molecular complexity index is 899. The number of fused-ring (bicyclic) bond motifs is 1. The summed E-state index contributed by atoms with van der Waals surface area (Å²) < 4.78 is 28.4. The molecule has 10 heteroatoms. The average molecular weight is 412 g/mol. The molecule has 2 amide bonds. The monoisotopic (exact) mass is 412 g/mol. The molecule has 0 spiro atoms. The maximum Gasteiger partial charge on any atom is 0.338 e. The van der Waals surface area contributed by atoms with Gasteiger partial charge in [-0.25, -0.2) is 13.2 Å². The van der Waals surface area contributed by atoms with Crippen molar-refractivity contribution in [3.8, 4) is 0 Å². The first-order chi connectivity index (χ1) is 12.7. The van der Waals surface area contributed by atoms with Crippen LogP contribution >= 0.6 is 11.8 Å². The summed E-state index contributed by atoms with van der Waals surface area (Å²) in [4.78, 5) is 38.5. The van der Waals surface area contributed by atoms with Gasteiger partial charge in [0.25, 0.3) is 5.91 Å². The van der Waals surface area contributed by atoms with Crippen molar-refractivity contribution in [3.05, 3.63) is 23.8 Å².